The Hall–Kier alpha value is -0.780. The first-order valence-corrected chi connectivity index (χ1v) is 15.4. The third kappa shape index (κ3) is 22.9. The molecule has 0 aliphatic carbocycles. The molecule has 0 fully saturated rings. The van der Waals surface area contributed by atoms with E-state index >= 15 is 0 Å². The fraction of sp³-hybridized carbons (Fsp3) is 0.926. The van der Waals surface area contributed by atoms with Gasteiger partial charge in [-0.3, -0.25) is 19.6 Å². The maximum absolute atomic E-state index is 5.84. The summed E-state index contributed by atoms with van der Waals surface area (Å²) in [5.74, 6) is 0.305. The Morgan fingerprint density at radius 2 is 0.800 bits per heavy atom. The van der Waals surface area contributed by atoms with Crippen LogP contribution < -0.4 is 50.4 Å². The topological polar surface area (TPSA) is 205 Å². The van der Waals surface area contributed by atoms with Gasteiger partial charge in [-0.2, -0.15) is 0 Å². The lowest BCUT2D eigenvalue weighted by molar-refractivity contribution is 0.177. The molecule has 0 rings (SSSR count). The molecule has 13 nitrogen and oxygen atoms in total. The van der Waals surface area contributed by atoms with Crippen molar-refractivity contribution in [1.29, 1.82) is 0 Å². The highest BCUT2D eigenvalue weighted by atomic mass is 15.2. The van der Waals surface area contributed by atoms with E-state index in [1.807, 2.05) is 6.08 Å². The quantitative estimate of drug-likeness (QED) is 0.0275. The Morgan fingerprint density at radius 3 is 1.18 bits per heavy atom. The van der Waals surface area contributed by atoms with Crippen molar-refractivity contribution in [2.24, 2.45) is 40.3 Å². The summed E-state index contributed by atoms with van der Waals surface area (Å²) in [6.45, 7) is 24.6. The standard InChI is InChI=1S/C27H67N13/c1-2-27(25-33)26-36-12-20-40(23-21-38(15-6-31)16-7-32)24-22-39(18-9-34-8-3-28)19-11-35-10-17-37(13-4-29)14-5-30/h2,27,34-36H,1,3-26,28-33H2. The second-order valence-electron chi connectivity index (χ2n) is 10.2. The van der Waals surface area contributed by atoms with Crippen LogP contribution in [0.1, 0.15) is 0 Å². The van der Waals surface area contributed by atoms with Crippen molar-refractivity contribution in [1.82, 2.24) is 35.6 Å². The summed E-state index contributed by atoms with van der Waals surface area (Å²) in [6, 6.07) is 0. The maximum Gasteiger partial charge on any atom is 0.0110 e. The summed E-state index contributed by atoms with van der Waals surface area (Å²) in [5.41, 5.74) is 34.6. The van der Waals surface area contributed by atoms with E-state index in [9.17, 15) is 0 Å². The molecule has 40 heavy (non-hydrogen) atoms. The number of hydrogen-bond acceptors (Lipinski definition) is 13. The maximum atomic E-state index is 5.84. The Kier molecular flexibility index (Phi) is 29.1. The largest absolute Gasteiger partial charge is 0.330 e. The summed E-state index contributed by atoms with van der Waals surface area (Å²) in [4.78, 5) is 9.76. The monoisotopic (exact) mass is 574 g/mol. The molecule has 1 atom stereocenters. The van der Waals surface area contributed by atoms with Gasteiger partial charge in [0.25, 0.3) is 0 Å². The fourth-order valence-corrected chi connectivity index (χ4v) is 4.49. The predicted molar refractivity (Wildman–Crippen MR) is 172 cm³/mol. The van der Waals surface area contributed by atoms with Crippen LogP contribution >= 0.6 is 0 Å². The normalized spacial score (nSPS) is 12.8. The summed E-state index contributed by atoms with van der Waals surface area (Å²) < 4.78 is 0. The lowest BCUT2D eigenvalue weighted by Crippen LogP contribution is -2.46. The van der Waals surface area contributed by atoms with Gasteiger partial charge >= 0.3 is 0 Å². The number of nitrogens with zero attached hydrogens (tertiary/aromatic N) is 4. The smallest absolute Gasteiger partial charge is 0.0110 e. The summed E-state index contributed by atoms with van der Waals surface area (Å²) in [5, 5.41) is 10.6. The number of hydrogen-bond donors (Lipinski definition) is 9. The van der Waals surface area contributed by atoms with Crippen LogP contribution in [0.25, 0.3) is 0 Å². The first kappa shape index (κ1) is 39.2. The van der Waals surface area contributed by atoms with Crippen LogP contribution in [-0.4, -0.2) is 177 Å². The van der Waals surface area contributed by atoms with Crippen molar-refractivity contribution in [2.75, 3.05) is 157 Å². The molecule has 240 valence electrons. The molecule has 13 heteroatoms. The van der Waals surface area contributed by atoms with E-state index in [4.69, 9.17) is 34.4 Å². The Morgan fingerprint density at radius 1 is 0.450 bits per heavy atom. The van der Waals surface area contributed by atoms with Crippen LogP contribution in [0.3, 0.4) is 0 Å². The van der Waals surface area contributed by atoms with Gasteiger partial charge in [-0.15, -0.1) is 6.58 Å². The van der Waals surface area contributed by atoms with E-state index in [-0.39, 0.29) is 0 Å². The van der Waals surface area contributed by atoms with Gasteiger partial charge in [-0.1, -0.05) is 6.08 Å². The molecular weight excluding hydrogens is 506 g/mol. The van der Waals surface area contributed by atoms with Crippen molar-refractivity contribution < 1.29 is 0 Å². The summed E-state index contributed by atoms with van der Waals surface area (Å²) in [7, 11) is 0. The molecule has 0 saturated carbocycles. The molecule has 0 radical (unpaired) electrons. The van der Waals surface area contributed by atoms with Gasteiger partial charge in [-0.05, 0) is 6.54 Å². The zero-order valence-electron chi connectivity index (χ0n) is 25.6. The first-order chi connectivity index (χ1) is 19.6. The van der Waals surface area contributed by atoms with E-state index in [1.54, 1.807) is 0 Å². The SMILES string of the molecule is C=CC(CN)CNCCN(CCN(CCN)CCN)CCN(CCNCCN)CCNCCN(CCN)CCN. The second-order valence-corrected chi connectivity index (χ2v) is 10.2. The molecule has 0 aliphatic rings. The van der Waals surface area contributed by atoms with E-state index in [2.05, 4.69) is 42.1 Å². The number of nitrogens with one attached hydrogen (secondary N) is 3. The van der Waals surface area contributed by atoms with E-state index < -0.39 is 0 Å². The number of rotatable bonds is 32. The van der Waals surface area contributed by atoms with Crippen LogP contribution in [0.5, 0.6) is 0 Å². The average molecular weight is 574 g/mol. The second kappa shape index (κ2) is 29.7. The van der Waals surface area contributed by atoms with Crippen LogP contribution in [0, 0.1) is 5.92 Å². The van der Waals surface area contributed by atoms with Crippen LogP contribution in [-0.2, 0) is 0 Å². The summed E-state index contributed by atoms with van der Waals surface area (Å²) >= 11 is 0. The highest BCUT2D eigenvalue weighted by Gasteiger charge is 2.12. The van der Waals surface area contributed by atoms with Crippen molar-refractivity contribution in [3.05, 3.63) is 12.7 Å². The number of nitrogens with two attached hydrogens (primary N) is 6. The lowest BCUT2D eigenvalue weighted by Gasteiger charge is -2.30. The highest BCUT2D eigenvalue weighted by Crippen LogP contribution is 1.97. The third-order valence-electron chi connectivity index (χ3n) is 7.03. The van der Waals surface area contributed by atoms with Crippen molar-refractivity contribution >= 4 is 0 Å². The van der Waals surface area contributed by atoms with Gasteiger partial charge in [0, 0.05) is 156 Å². The van der Waals surface area contributed by atoms with Gasteiger partial charge in [0.1, 0.15) is 0 Å². The van der Waals surface area contributed by atoms with Crippen LogP contribution in [0.2, 0.25) is 0 Å². The van der Waals surface area contributed by atoms with Crippen molar-refractivity contribution in [3.63, 3.8) is 0 Å². The van der Waals surface area contributed by atoms with E-state index in [0.717, 1.165) is 118 Å². The zero-order valence-corrected chi connectivity index (χ0v) is 25.6. The highest BCUT2D eigenvalue weighted by molar-refractivity contribution is 4.81. The third-order valence-corrected chi connectivity index (χ3v) is 7.03. The minimum Gasteiger partial charge on any atom is -0.330 e. The minimum atomic E-state index is 0.305. The van der Waals surface area contributed by atoms with Crippen LogP contribution in [0.15, 0.2) is 12.7 Å². The molecule has 0 heterocycles. The van der Waals surface area contributed by atoms with Gasteiger partial charge in [0.15, 0.2) is 0 Å². The van der Waals surface area contributed by atoms with Crippen molar-refractivity contribution in [3.8, 4) is 0 Å². The van der Waals surface area contributed by atoms with Gasteiger partial charge in [0.2, 0.25) is 0 Å². The van der Waals surface area contributed by atoms with Crippen molar-refractivity contribution in [2.45, 2.75) is 0 Å². The first-order valence-electron chi connectivity index (χ1n) is 15.4. The Balaban J connectivity index is 4.91. The molecule has 0 spiro atoms. The summed E-state index contributed by atoms with van der Waals surface area (Å²) in [6.07, 6.45) is 1.93. The van der Waals surface area contributed by atoms with Gasteiger partial charge in [0.05, 0.1) is 0 Å². The molecule has 1 unspecified atom stereocenters. The van der Waals surface area contributed by atoms with Gasteiger partial charge in [-0.25, -0.2) is 0 Å². The van der Waals surface area contributed by atoms with Crippen LogP contribution in [0.4, 0.5) is 0 Å². The molecular formula is C27H67N13. The fourth-order valence-electron chi connectivity index (χ4n) is 4.49. The molecule has 0 aromatic carbocycles. The molecule has 0 saturated heterocycles. The molecule has 0 aliphatic heterocycles. The Bertz CT molecular complexity index is 517. The average Bonchev–Trinajstić information content (AvgIpc) is 2.95. The molecule has 0 aromatic heterocycles. The molecule has 0 amide bonds. The molecule has 0 aromatic rings. The van der Waals surface area contributed by atoms with Gasteiger partial charge < -0.3 is 50.4 Å². The van der Waals surface area contributed by atoms with E-state index in [1.165, 1.54) is 0 Å². The van der Waals surface area contributed by atoms with E-state index in [0.29, 0.717) is 45.2 Å². The molecule has 15 N–H and O–H groups in total. The predicted octanol–water partition coefficient (Wildman–Crippen LogP) is -4.48. The Labute approximate surface area is 245 Å². The lowest BCUT2D eigenvalue weighted by atomic mass is 10.1. The molecule has 0 bridgehead atoms. The minimum absolute atomic E-state index is 0.305. The zero-order chi connectivity index (χ0) is 29.7.